The molecular formula is C26H31F3O. The van der Waals surface area contributed by atoms with Crippen LogP contribution in [0.15, 0.2) is 42.5 Å². The summed E-state index contributed by atoms with van der Waals surface area (Å²) in [5.41, 5.74) is 2.26. The molecule has 2 fully saturated rings. The molecule has 4 rings (SSSR count). The summed E-state index contributed by atoms with van der Waals surface area (Å²) in [6.07, 6.45) is 10.3. The molecule has 0 radical (unpaired) electrons. The molecule has 2 aromatic rings. The smallest absolute Gasteiger partial charge is 0.387 e. The maximum absolute atomic E-state index is 14.9. The zero-order valence-electron chi connectivity index (χ0n) is 17.6. The molecule has 2 saturated carbocycles. The van der Waals surface area contributed by atoms with Crippen molar-refractivity contribution in [3.05, 3.63) is 53.8 Å². The Labute approximate surface area is 177 Å². The summed E-state index contributed by atoms with van der Waals surface area (Å²) in [7, 11) is 0. The van der Waals surface area contributed by atoms with Crippen molar-refractivity contribution in [2.75, 3.05) is 0 Å². The van der Waals surface area contributed by atoms with Crippen molar-refractivity contribution in [2.24, 2.45) is 17.8 Å². The molecule has 162 valence electrons. The van der Waals surface area contributed by atoms with Crippen molar-refractivity contribution in [3.63, 3.8) is 0 Å². The van der Waals surface area contributed by atoms with E-state index in [4.69, 9.17) is 0 Å². The first-order valence-corrected chi connectivity index (χ1v) is 11.4. The molecule has 4 unspecified atom stereocenters. The minimum absolute atomic E-state index is 0.0798. The van der Waals surface area contributed by atoms with Crippen LogP contribution in [0.5, 0.6) is 5.75 Å². The lowest BCUT2D eigenvalue weighted by Gasteiger charge is -2.42. The second kappa shape index (κ2) is 9.45. The number of ether oxygens (including phenoxy) is 1. The molecule has 0 bridgehead atoms. The van der Waals surface area contributed by atoms with Crippen molar-refractivity contribution in [2.45, 2.75) is 70.8 Å². The summed E-state index contributed by atoms with van der Waals surface area (Å²) in [6.45, 7) is -0.573. The summed E-state index contributed by atoms with van der Waals surface area (Å²) in [5.74, 6) is 2.85. The van der Waals surface area contributed by atoms with Gasteiger partial charge in [0.2, 0.25) is 0 Å². The minimum atomic E-state index is -2.86. The van der Waals surface area contributed by atoms with E-state index >= 15 is 0 Å². The van der Waals surface area contributed by atoms with Crippen molar-refractivity contribution in [1.82, 2.24) is 0 Å². The average Bonchev–Trinajstić information content (AvgIpc) is 2.74. The van der Waals surface area contributed by atoms with E-state index in [9.17, 15) is 13.2 Å². The molecule has 0 N–H and O–H groups in total. The third kappa shape index (κ3) is 4.84. The Morgan fingerprint density at radius 1 is 0.933 bits per heavy atom. The minimum Gasteiger partial charge on any atom is -0.435 e. The SMILES string of the molecule is CCCC1CCC2CC(c3ccc(-c4ccc(OC(F)F)cc4)c(F)c3)CCC2C1. The van der Waals surface area contributed by atoms with E-state index < -0.39 is 6.61 Å². The van der Waals surface area contributed by atoms with Crippen LogP contribution in [0.4, 0.5) is 13.2 Å². The summed E-state index contributed by atoms with van der Waals surface area (Å²) in [6, 6.07) is 11.7. The lowest BCUT2D eigenvalue weighted by atomic mass is 9.63. The first kappa shape index (κ1) is 21.3. The average molecular weight is 417 g/mol. The van der Waals surface area contributed by atoms with Crippen LogP contribution >= 0.6 is 0 Å². The van der Waals surface area contributed by atoms with E-state index in [1.165, 1.54) is 57.1 Å². The van der Waals surface area contributed by atoms with Gasteiger partial charge in [0.1, 0.15) is 11.6 Å². The molecule has 2 aromatic carbocycles. The highest BCUT2D eigenvalue weighted by atomic mass is 19.3. The standard InChI is InChI=1S/C26H31F3O/c1-2-3-17-4-5-20-15-21(7-6-19(20)14-17)22-10-13-24(25(27)16-22)18-8-11-23(12-9-18)30-26(28)29/h8-13,16-17,19-21,26H,2-7,14-15H2,1H3. The monoisotopic (exact) mass is 416 g/mol. The molecule has 1 nitrogen and oxygen atoms in total. The van der Waals surface area contributed by atoms with Crippen molar-refractivity contribution >= 4 is 0 Å². The van der Waals surface area contributed by atoms with Gasteiger partial charge in [-0.1, -0.05) is 50.5 Å². The van der Waals surface area contributed by atoms with E-state index in [1.54, 1.807) is 18.2 Å². The number of halogens is 3. The van der Waals surface area contributed by atoms with Gasteiger partial charge in [-0.15, -0.1) is 0 Å². The van der Waals surface area contributed by atoms with Gasteiger partial charge in [-0.05, 0) is 85.1 Å². The third-order valence-corrected chi connectivity index (χ3v) is 7.27. The highest BCUT2D eigenvalue weighted by Crippen LogP contribution is 2.48. The fraction of sp³-hybridized carbons (Fsp3) is 0.538. The molecule has 2 aliphatic rings. The van der Waals surface area contributed by atoms with Crippen LogP contribution in [-0.4, -0.2) is 6.61 Å². The molecule has 4 heteroatoms. The highest BCUT2D eigenvalue weighted by molar-refractivity contribution is 5.65. The Morgan fingerprint density at radius 2 is 1.67 bits per heavy atom. The number of rotatable bonds is 6. The molecule has 0 amide bonds. The lowest BCUT2D eigenvalue weighted by Crippen LogP contribution is -2.30. The number of hydrogen-bond acceptors (Lipinski definition) is 1. The third-order valence-electron chi connectivity index (χ3n) is 7.27. The van der Waals surface area contributed by atoms with E-state index in [0.717, 1.165) is 29.7 Å². The highest BCUT2D eigenvalue weighted by Gasteiger charge is 2.35. The summed E-state index contributed by atoms with van der Waals surface area (Å²) < 4.78 is 43.9. The van der Waals surface area contributed by atoms with Gasteiger partial charge in [0.05, 0.1) is 0 Å². The van der Waals surface area contributed by atoms with Gasteiger partial charge in [-0.3, -0.25) is 0 Å². The van der Waals surface area contributed by atoms with Gasteiger partial charge in [0.25, 0.3) is 0 Å². The fourth-order valence-corrected chi connectivity index (χ4v) is 5.79. The first-order valence-electron chi connectivity index (χ1n) is 11.4. The molecule has 0 aliphatic heterocycles. The molecule has 0 saturated heterocycles. The van der Waals surface area contributed by atoms with Crippen LogP contribution in [0.3, 0.4) is 0 Å². The first-order chi connectivity index (χ1) is 14.5. The predicted molar refractivity (Wildman–Crippen MR) is 114 cm³/mol. The topological polar surface area (TPSA) is 9.23 Å². The Kier molecular flexibility index (Phi) is 6.70. The van der Waals surface area contributed by atoms with Crippen LogP contribution in [-0.2, 0) is 0 Å². The zero-order chi connectivity index (χ0) is 21.1. The Bertz CT molecular complexity index is 833. The van der Waals surface area contributed by atoms with E-state index in [2.05, 4.69) is 17.7 Å². The summed E-state index contributed by atoms with van der Waals surface area (Å²) in [5, 5.41) is 0. The van der Waals surface area contributed by atoms with Crippen molar-refractivity contribution in [3.8, 4) is 16.9 Å². The van der Waals surface area contributed by atoms with E-state index in [0.29, 0.717) is 17.0 Å². The van der Waals surface area contributed by atoms with Crippen LogP contribution < -0.4 is 4.74 Å². The molecule has 4 atom stereocenters. The van der Waals surface area contributed by atoms with Crippen LogP contribution in [0.1, 0.15) is 69.8 Å². The maximum Gasteiger partial charge on any atom is 0.387 e. The van der Waals surface area contributed by atoms with Gasteiger partial charge in [-0.2, -0.15) is 8.78 Å². The molecule has 0 aromatic heterocycles. The van der Waals surface area contributed by atoms with Crippen molar-refractivity contribution in [1.29, 1.82) is 0 Å². The summed E-state index contributed by atoms with van der Waals surface area (Å²) in [4.78, 5) is 0. The van der Waals surface area contributed by atoms with Crippen LogP contribution in [0, 0.1) is 23.6 Å². The number of alkyl halides is 2. The number of benzene rings is 2. The Morgan fingerprint density at radius 3 is 2.37 bits per heavy atom. The summed E-state index contributed by atoms with van der Waals surface area (Å²) >= 11 is 0. The predicted octanol–water partition coefficient (Wildman–Crippen LogP) is 8.19. The molecule has 0 heterocycles. The Balaban J connectivity index is 1.42. The van der Waals surface area contributed by atoms with Gasteiger partial charge in [0, 0.05) is 5.56 Å². The van der Waals surface area contributed by atoms with Gasteiger partial charge in [-0.25, -0.2) is 4.39 Å². The zero-order valence-corrected chi connectivity index (χ0v) is 17.6. The lowest BCUT2D eigenvalue weighted by molar-refractivity contribution is -0.0498. The van der Waals surface area contributed by atoms with Gasteiger partial charge < -0.3 is 4.74 Å². The second-order valence-electron chi connectivity index (χ2n) is 9.14. The van der Waals surface area contributed by atoms with Gasteiger partial charge in [0.15, 0.2) is 0 Å². The van der Waals surface area contributed by atoms with Crippen LogP contribution in [0.25, 0.3) is 11.1 Å². The number of fused-ring (bicyclic) bond motifs is 1. The fourth-order valence-electron chi connectivity index (χ4n) is 5.79. The second-order valence-corrected chi connectivity index (χ2v) is 9.14. The number of hydrogen-bond donors (Lipinski definition) is 0. The van der Waals surface area contributed by atoms with E-state index in [-0.39, 0.29) is 11.6 Å². The Hall–Kier alpha value is -1.97. The molecule has 30 heavy (non-hydrogen) atoms. The van der Waals surface area contributed by atoms with Gasteiger partial charge >= 0.3 is 6.61 Å². The molecule has 2 aliphatic carbocycles. The normalized spacial score (nSPS) is 26.4. The van der Waals surface area contributed by atoms with Crippen molar-refractivity contribution < 1.29 is 17.9 Å². The largest absolute Gasteiger partial charge is 0.435 e. The van der Waals surface area contributed by atoms with E-state index in [1.807, 2.05) is 6.07 Å². The molecular weight excluding hydrogens is 385 g/mol. The quantitative estimate of drug-likeness (QED) is 0.461. The van der Waals surface area contributed by atoms with Crippen LogP contribution in [0.2, 0.25) is 0 Å². The maximum atomic E-state index is 14.9. The molecule has 0 spiro atoms.